The number of nitrogens with one attached hydrogen (secondary N) is 1. The van der Waals surface area contributed by atoms with E-state index in [0.29, 0.717) is 5.69 Å². The molecule has 2 rings (SSSR count). The van der Waals surface area contributed by atoms with E-state index in [0.717, 1.165) is 12.0 Å². The van der Waals surface area contributed by atoms with Crippen molar-refractivity contribution in [1.29, 1.82) is 0 Å². The number of hydrogen-bond donors (Lipinski definition) is 1. The third kappa shape index (κ3) is 5.64. The molecular formula is C20H22N2O5. The van der Waals surface area contributed by atoms with Gasteiger partial charge < -0.3 is 10.1 Å². The van der Waals surface area contributed by atoms with Gasteiger partial charge in [0.25, 0.3) is 11.6 Å². The fourth-order valence-electron chi connectivity index (χ4n) is 2.68. The fraction of sp³-hybridized carbons (Fsp3) is 0.300. The summed E-state index contributed by atoms with van der Waals surface area (Å²) < 4.78 is 5.22. The van der Waals surface area contributed by atoms with Crippen molar-refractivity contribution in [2.24, 2.45) is 5.92 Å². The van der Waals surface area contributed by atoms with Gasteiger partial charge in [0, 0.05) is 17.8 Å². The molecule has 142 valence electrons. The maximum Gasteiger partial charge on any atom is 0.314 e. The monoisotopic (exact) mass is 370 g/mol. The molecule has 0 bridgehead atoms. The molecule has 0 radical (unpaired) electrons. The molecule has 0 unspecified atom stereocenters. The van der Waals surface area contributed by atoms with Gasteiger partial charge in [-0.1, -0.05) is 50.6 Å². The van der Waals surface area contributed by atoms with Crippen LogP contribution in [0.2, 0.25) is 0 Å². The summed E-state index contributed by atoms with van der Waals surface area (Å²) in [5.74, 6) is -1.33. The average molecular weight is 370 g/mol. The lowest BCUT2D eigenvalue weighted by molar-refractivity contribution is -0.384. The molecule has 0 aliphatic carbocycles. The SMILES string of the molecule is CC[C@@H](C)[C@H](C(=O)OCC(=O)Nc1ccc([N+](=O)[O-])cc1)c1ccccc1. The summed E-state index contributed by atoms with van der Waals surface area (Å²) >= 11 is 0. The molecule has 0 fully saturated rings. The molecule has 2 aromatic rings. The number of non-ortho nitro benzene ring substituents is 1. The number of benzene rings is 2. The van der Waals surface area contributed by atoms with E-state index in [4.69, 9.17) is 4.74 Å². The Morgan fingerprint density at radius 1 is 1.11 bits per heavy atom. The van der Waals surface area contributed by atoms with Crippen LogP contribution in [0.25, 0.3) is 0 Å². The van der Waals surface area contributed by atoms with Crippen molar-refractivity contribution in [1.82, 2.24) is 0 Å². The number of anilines is 1. The zero-order chi connectivity index (χ0) is 19.8. The Morgan fingerprint density at radius 3 is 2.30 bits per heavy atom. The normalized spacial score (nSPS) is 12.7. The molecule has 27 heavy (non-hydrogen) atoms. The van der Waals surface area contributed by atoms with Crippen molar-refractivity contribution in [3.63, 3.8) is 0 Å². The van der Waals surface area contributed by atoms with Gasteiger partial charge in [-0.2, -0.15) is 0 Å². The number of rotatable bonds is 8. The van der Waals surface area contributed by atoms with E-state index in [1.165, 1.54) is 24.3 Å². The number of nitro groups is 1. The minimum atomic E-state index is -0.522. The van der Waals surface area contributed by atoms with Gasteiger partial charge >= 0.3 is 5.97 Å². The Kier molecular flexibility index (Phi) is 7.05. The highest BCUT2D eigenvalue weighted by atomic mass is 16.6. The second-order valence-electron chi connectivity index (χ2n) is 6.23. The van der Waals surface area contributed by atoms with Crippen LogP contribution in [-0.2, 0) is 14.3 Å². The predicted molar refractivity (Wildman–Crippen MR) is 101 cm³/mol. The van der Waals surface area contributed by atoms with Gasteiger partial charge in [0.1, 0.15) is 0 Å². The standard InChI is InChI=1S/C20H22N2O5/c1-3-14(2)19(15-7-5-4-6-8-15)20(24)27-13-18(23)21-16-9-11-17(12-10-16)22(25)26/h4-12,14,19H,3,13H2,1-2H3,(H,21,23)/t14-,19+/m1/s1. The number of hydrogen-bond acceptors (Lipinski definition) is 5. The number of carbonyl (C=O) groups excluding carboxylic acids is 2. The van der Waals surface area contributed by atoms with E-state index < -0.39 is 29.3 Å². The zero-order valence-electron chi connectivity index (χ0n) is 15.3. The van der Waals surface area contributed by atoms with Crippen LogP contribution in [0.15, 0.2) is 54.6 Å². The van der Waals surface area contributed by atoms with Gasteiger partial charge in [0.15, 0.2) is 6.61 Å². The van der Waals surface area contributed by atoms with Crippen molar-refractivity contribution in [2.75, 3.05) is 11.9 Å². The molecule has 7 heteroatoms. The average Bonchev–Trinajstić information content (AvgIpc) is 2.67. The van der Waals surface area contributed by atoms with Crippen LogP contribution >= 0.6 is 0 Å². The van der Waals surface area contributed by atoms with Crippen molar-refractivity contribution < 1.29 is 19.2 Å². The van der Waals surface area contributed by atoms with Gasteiger partial charge in [-0.3, -0.25) is 19.7 Å². The van der Waals surface area contributed by atoms with Crippen LogP contribution in [-0.4, -0.2) is 23.4 Å². The van der Waals surface area contributed by atoms with Crippen molar-refractivity contribution in [3.05, 3.63) is 70.3 Å². The summed E-state index contributed by atoms with van der Waals surface area (Å²) in [6, 6.07) is 14.8. The predicted octanol–water partition coefficient (Wildman–Crippen LogP) is 3.91. The molecule has 1 amide bonds. The number of nitrogens with zero attached hydrogens (tertiary/aromatic N) is 1. The number of esters is 1. The van der Waals surface area contributed by atoms with Gasteiger partial charge in [0.2, 0.25) is 0 Å². The molecule has 2 atom stereocenters. The Morgan fingerprint density at radius 2 is 1.74 bits per heavy atom. The quantitative estimate of drug-likeness (QED) is 0.431. The van der Waals surface area contributed by atoms with E-state index in [-0.39, 0.29) is 11.6 Å². The third-order valence-electron chi connectivity index (χ3n) is 4.33. The molecule has 0 aliphatic heterocycles. The van der Waals surface area contributed by atoms with Crippen LogP contribution < -0.4 is 5.32 Å². The second kappa shape index (κ2) is 9.47. The molecule has 0 saturated carbocycles. The highest BCUT2D eigenvalue weighted by Crippen LogP contribution is 2.28. The van der Waals surface area contributed by atoms with Crippen molar-refractivity contribution in [2.45, 2.75) is 26.2 Å². The highest BCUT2D eigenvalue weighted by Gasteiger charge is 2.27. The Bertz CT molecular complexity index is 790. The minimum Gasteiger partial charge on any atom is -0.455 e. The largest absolute Gasteiger partial charge is 0.455 e. The molecular weight excluding hydrogens is 348 g/mol. The van der Waals surface area contributed by atoms with E-state index in [9.17, 15) is 19.7 Å². The molecule has 0 saturated heterocycles. The summed E-state index contributed by atoms with van der Waals surface area (Å²) in [5, 5.41) is 13.2. The number of carbonyl (C=O) groups is 2. The molecule has 0 aliphatic rings. The first-order valence-corrected chi connectivity index (χ1v) is 8.68. The zero-order valence-corrected chi connectivity index (χ0v) is 15.3. The van der Waals surface area contributed by atoms with Crippen LogP contribution in [0.4, 0.5) is 11.4 Å². The smallest absolute Gasteiger partial charge is 0.314 e. The topological polar surface area (TPSA) is 98.5 Å². The van der Waals surface area contributed by atoms with Crippen molar-refractivity contribution in [3.8, 4) is 0 Å². The summed E-state index contributed by atoms with van der Waals surface area (Å²) in [6.45, 7) is 3.54. The second-order valence-corrected chi connectivity index (χ2v) is 6.23. The highest BCUT2D eigenvalue weighted by molar-refractivity contribution is 5.93. The lowest BCUT2D eigenvalue weighted by Gasteiger charge is -2.21. The summed E-state index contributed by atoms with van der Waals surface area (Å²) in [7, 11) is 0. The van der Waals surface area contributed by atoms with E-state index in [1.54, 1.807) is 0 Å². The molecule has 0 aromatic heterocycles. The maximum absolute atomic E-state index is 12.5. The van der Waals surface area contributed by atoms with Crippen LogP contribution in [0.5, 0.6) is 0 Å². The van der Waals surface area contributed by atoms with E-state index in [1.807, 2.05) is 44.2 Å². The fourth-order valence-corrected chi connectivity index (χ4v) is 2.68. The first-order chi connectivity index (χ1) is 12.9. The molecule has 0 heterocycles. The maximum atomic E-state index is 12.5. The Labute approximate surface area is 157 Å². The third-order valence-corrected chi connectivity index (χ3v) is 4.33. The number of ether oxygens (including phenoxy) is 1. The Hall–Kier alpha value is -3.22. The summed E-state index contributed by atoms with van der Waals surface area (Å²) in [4.78, 5) is 34.7. The molecule has 7 nitrogen and oxygen atoms in total. The van der Waals surface area contributed by atoms with E-state index in [2.05, 4.69) is 5.32 Å². The lowest BCUT2D eigenvalue weighted by Crippen LogP contribution is -2.26. The number of amides is 1. The summed E-state index contributed by atoms with van der Waals surface area (Å²) in [6.07, 6.45) is 0.795. The van der Waals surface area contributed by atoms with Gasteiger partial charge in [-0.25, -0.2) is 0 Å². The molecule has 2 aromatic carbocycles. The van der Waals surface area contributed by atoms with Crippen LogP contribution in [0.1, 0.15) is 31.7 Å². The van der Waals surface area contributed by atoms with E-state index >= 15 is 0 Å². The Balaban J connectivity index is 1.95. The van der Waals surface area contributed by atoms with Crippen molar-refractivity contribution >= 4 is 23.3 Å². The lowest BCUT2D eigenvalue weighted by atomic mass is 9.86. The van der Waals surface area contributed by atoms with Crippen LogP contribution in [0.3, 0.4) is 0 Å². The van der Waals surface area contributed by atoms with Gasteiger partial charge in [-0.15, -0.1) is 0 Å². The molecule has 0 spiro atoms. The minimum absolute atomic E-state index is 0.0673. The summed E-state index contributed by atoms with van der Waals surface area (Å²) in [5.41, 5.74) is 1.18. The van der Waals surface area contributed by atoms with Crippen LogP contribution in [0, 0.1) is 16.0 Å². The molecule has 1 N–H and O–H groups in total. The van der Waals surface area contributed by atoms with Gasteiger partial charge in [-0.05, 0) is 23.6 Å². The first kappa shape index (κ1) is 20.1. The number of nitro benzene ring substituents is 1. The van der Waals surface area contributed by atoms with Gasteiger partial charge in [0.05, 0.1) is 10.8 Å². The first-order valence-electron chi connectivity index (χ1n) is 8.68.